The molecule has 1 saturated heterocycles. The number of carboxylic acid groups (broad SMARTS) is 1. The van der Waals surface area contributed by atoms with Crippen LogP contribution in [0.3, 0.4) is 0 Å². The average molecular weight is 552 g/mol. The van der Waals surface area contributed by atoms with Gasteiger partial charge in [0, 0.05) is 38.1 Å². The van der Waals surface area contributed by atoms with Crippen LogP contribution in [0, 0.1) is 11.8 Å². The molecule has 1 N–H and O–H groups in total. The maximum Gasteiger partial charge on any atom is 0.306 e. The second-order valence-electron chi connectivity index (χ2n) is 11.4. The summed E-state index contributed by atoms with van der Waals surface area (Å²) in [7, 11) is 1.68. The lowest BCUT2D eigenvalue weighted by Crippen LogP contribution is -2.38. The molecule has 3 aliphatic carbocycles. The van der Waals surface area contributed by atoms with Crippen molar-refractivity contribution in [1.82, 2.24) is 14.7 Å². The Morgan fingerprint density at radius 1 is 1.08 bits per heavy atom. The summed E-state index contributed by atoms with van der Waals surface area (Å²) in [4.78, 5) is 41.0. The zero-order chi connectivity index (χ0) is 27.3. The van der Waals surface area contributed by atoms with Gasteiger partial charge in [-0.1, -0.05) is 29.8 Å². The number of aromatic nitrogens is 2. The number of likely N-dealkylation sites (tertiary alicyclic amines) is 1. The highest BCUT2D eigenvalue weighted by Gasteiger charge is 2.38. The van der Waals surface area contributed by atoms with E-state index in [1.807, 2.05) is 23.1 Å². The van der Waals surface area contributed by atoms with Crippen molar-refractivity contribution in [2.24, 2.45) is 11.8 Å². The van der Waals surface area contributed by atoms with E-state index in [9.17, 15) is 19.5 Å². The number of nitrogens with zero attached hydrogens (tertiary/aromatic N) is 3. The lowest BCUT2D eigenvalue weighted by molar-refractivity contribution is -0.142. The van der Waals surface area contributed by atoms with Crippen LogP contribution in [0.1, 0.15) is 83.7 Å². The Balaban J connectivity index is 1.37. The molecule has 6 rings (SSSR count). The minimum atomic E-state index is -0.779. The van der Waals surface area contributed by atoms with E-state index in [0.29, 0.717) is 68.1 Å². The molecule has 3 atom stereocenters. The van der Waals surface area contributed by atoms with Gasteiger partial charge in [0.15, 0.2) is 0 Å². The van der Waals surface area contributed by atoms with Crippen LogP contribution in [0.5, 0.6) is 0 Å². The van der Waals surface area contributed by atoms with Gasteiger partial charge in [0.25, 0.3) is 5.91 Å². The molecule has 206 valence electrons. The Bertz CT molecular complexity index is 1360. The molecular weight excluding hydrogens is 518 g/mol. The van der Waals surface area contributed by atoms with Gasteiger partial charge in [0.2, 0.25) is 5.91 Å². The first kappa shape index (κ1) is 26.3. The summed E-state index contributed by atoms with van der Waals surface area (Å²) < 4.78 is 6.97. The molecule has 9 heteroatoms. The van der Waals surface area contributed by atoms with Gasteiger partial charge in [0.1, 0.15) is 0 Å². The molecule has 0 bridgehead atoms. The number of carboxylic acids is 1. The highest BCUT2D eigenvalue weighted by atomic mass is 35.5. The summed E-state index contributed by atoms with van der Waals surface area (Å²) in [5, 5.41) is 14.8. The van der Waals surface area contributed by atoms with Crippen molar-refractivity contribution in [1.29, 1.82) is 0 Å². The molecular formula is C30H34ClN3O5. The SMILES string of the molecule is CO[C@H]1CCN(C(=O)C2CCc3c(C4=CCC(C(=O)O)CC4)nn(C(=O)c4c(Cl)cccc4C4CC4)c3C2)C1. The number of hydrogen-bond acceptors (Lipinski definition) is 5. The molecule has 2 heterocycles. The Kier molecular flexibility index (Phi) is 7.10. The van der Waals surface area contributed by atoms with Gasteiger partial charge < -0.3 is 14.7 Å². The number of methoxy groups -OCH3 is 1. The topological polar surface area (TPSA) is 102 Å². The summed E-state index contributed by atoms with van der Waals surface area (Å²) >= 11 is 6.62. The molecule has 39 heavy (non-hydrogen) atoms. The zero-order valence-corrected chi connectivity index (χ0v) is 23.0. The highest BCUT2D eigenvalue weighted by molar-refractivity contribution is 6.34. The Labute approximate surface area is 233 Å². The Morgan fingerprint density at radius 3 is 2.54 bits per heavy atom. The standard InChI is InChI=1S/C30H34ClN3O5/c1-39-21-13-14-33(16-21)28(35)20-11-12-23-25(15-20)34(32-27(23)18-7-9-19(10-8-18)30(37)38)29(36)26-22(17-5-6-17)3-2-4-24(26)31/h2-4,7,17,19-21H,5-6,8-16H2,1H3,(H,37,38)/t19?,20?,21-/m0/s1. The summed E-state index contributed by atoms with van der Waals surface area (Å²) in [6, 6.07) is 5.62. The van der Waals surface area contributed by atoms with Gasteiger partial charge in [-0.05, 0) is 74.5 Å². The number of aliphatic carboxylic acids is 1. The minimum absolute atomic E-state index is 0.0701. The van der Waals surface area contributed by atoms with Gasteiger partial charge in [-0.15, -0.1) is 0 Å². The van der Waals surface area contributed by atoms with Crippen LogP contribution in [-0.4, -0.2) is 63.9 Å². The largest absolute Gasteiger partial charge is 0.481 e. The molecule has 1 aromatic heterocycles. The predicted molar refractivity (Wildman–Crippen MR) is 146 cm³/mol. The van der Waals surface area contributed by atoms with Crippen molar-refractivity contribution >= 4 is 35.0 Å². The number of hydrogen-bond donors (Lipinski definition) is 1. The Morgan fingerprint density at radius 2 is 1.87 bits per heavy atom. The minimum Gasteiger partial charge on any atom is -0.481 e. The van der Waals surface area contributed by atoms with Crippen LogP contribution in [-0.2, 0) is 27.2 Å². The van der Waals surface area contributed by atoms with E-state index < -0.39 is 11.9 Å². The van der Waals surface area contributed by atoms with Crippen molar-refractivity contribution in [2.75, 3.05) is 20.2 Å². The summed E-state index contributed by atoms with van der Waals surface area (Å²) in [5.74, 6) is -1.21. The molecule has 2 unspecified atom stereocenters. The molecule has 1 aliphatic heterocycles. The Hall–Kier alpha value is -2.97. The molecule has 2 fully saturated rings. The van der Waals surface area contributed by atoms with Crippen LogP contribution in [0.4, 0.5) is 0 Å². The van der Waals surface area contributed by atoms with Crippen LogP contribution < -0.4 is 0 Å². The van der Waals surface area contributed by atoms with E-state index in [0.717, 1.165) is 47.4 Å². The third-order valence-corrected chi connectivity index (χ3v) is 9.26. The van der Waals surface area contributed by atoms with E-state index in [-0.39, 0.29) is 23.8 Å². The van der Waals surface area contributed by atoms with Gasteiger partial charge in [-0.25, -0.2) is 0 Å². The number of ether oxygens (including phenoxy) is 1. The summed E-state index contributed by atoms with van der Waals surface area (Å²) in [6.45, 7) is 1.29. The summed E-state index contributed by atoms with van der Waals surface area (Å²) in [6.07, 6.45) is 8.33. The lowest BCUT2D eigenvalue weighted by Gasteiger charge is -2.27. The third kappa shape index (κ3) is 4.93. The van der Waals surface area contributed by atoms with E-state index in [1.54, 1.807) is 13.2 Å². The van der Waals surface area contributed by atoms with Crippen LogP contribution in [0.15, 0.2) is 24.3 Å². The third-order valence-electron chi connectivity index (χ3n) is 8.95. The molecule has 1 aromatic carbocycles. The molecule has 1 saturated carbocycles. The van der Waals surface area contributed by atoms with Gasteiger partial charge in [0.05, 0.1) is 34.0 Å². The summed E-state index contributed by atoms with van der Waals surface area (Å²) in [5.41, 5.74) is 5.01. The van der Waals surface area contributed by atoms with Crippen molar-refractivity contribution in [2.45, 2.75) is 69.8 Å². The molecule has 8 nitrogen and oxygen atoms in total. The predicted octanol–water partition coefficient (Wildman–Crippen LogP) is 4.72. The average Bonchev–Trinajstić information content (AvgIpc) is 3.56. The maximum absolute atomic E-state index is 14.2. The number of rotatable bonds is 6. The fraction of sp³-hybridized carbons (Fsp3) is 0.533. The quantitative estimate of drug-likeness (QED) is 0.557. The van der Waals surface area contributed by atoms with E-state index in [4.69, 9.17) is 21.4 Å². The van der Waals surface area contributed by atoms with Crippen molar-refractivity contribution < 1.29 is 24.2 Å². The first-order valence-corrected chi connectivity index (χ1v) is 14.4. The van der Waals surface area contributed by atoms with Crippen molar-refractivity contribution in [3.8, 4) is 0 Å². The van der Waals surface area contributed by atoms with E-state index >= 15 is 0 Å². The smallest absolute Gasteiger partial charge is 0.306 e. The second-order valence-corrected chi connectivity index (χ2v) is 11.8. The van der Waals surface area contributed by atoms with Gasteiger partial charge >= 0.3 is 5.97 Å². The van der Waals surface area contributed by atoms with Crippen molar-refractivity contribution in [3.05, 3.63) is 57.4 Å². The molecule has 0 spiro atoms. The lowest BCUT2D eigenvalue weighted by atomic mass is 9.82. The van der Waals surface area contributed by atoms with Crippen molar-refractivity contribution in [3.63, 3.8) is 0 Å². The molecule has 0 radical (unpaired) electrons. The number of carbonyl (C=O) groups excluding carboxylic acids is 2. The number of allylic oxidation sites excluding steroid dienone is 2. The number of fused-ring (bicyclic) bond motifs is 1. The monoisotopic (exact) mass is 551 g/mol. The van der Waals surface area contributed by atoms with E-state index in [1.165, 1.54) is 4.68 Å². The molecule has 1 amide bonds. The number of benzene rings is 1. The van der Waals surface area contributed by atoms with E-state index in [2.05, 4.69) is 0 Å². The van der Waals surface area contributed by atoms with Crippen LogP contribution in [0.2, 0.25) is 5.02 Å². The molecule has 2 aromatic rings. The molecule has 4 aliphatic rings. The highest BCUT2D eigenvalue weighted by Crippen LogP contribution is 2.44. The second kappa shape index (κ2) is 10.5. The fourth-order valence-corrected chi connectivity index (χ4v) is 6.77. The first-order chi connectivity index (χ1) is 18.9. The normalized spacial score (nSPS) is 24.8. The first-order valence-electron chi connectivity index (χ1n) is 14.0. The maximum atomic E-state index is 14.2. The van der Waals surface area contributed by atoms with Crippen LogP contribution in [0.25, 0.3) is 5.57 Å². The van der Waals surface area contributed by atoms with Gasteiger partial charge in [-0.2, -0.15) is 9.78 Å². The zero-order valence-electron chi connectivity index (χ0n) is 22.2. The number of carbonyl (C=O) groups is 3. The fourth-order valence-electron chi connectivity index (χ4n) is 6.51. The van der Waals surface area contributed by atoms with Gasteiger partial charge in [-0.3, -0.25) is 14.4 Å². The van der Waals surface area contributed by atoms with Crippen LogP contribution >= 0.6 is 11.6 Å². The number of halogens is 1. The number of amides is 1.